The second-order valence-electron chi connectivity index (χ2n) is 18.3. The number of hydrogen-bond acceptors (Lipinski definition) is 3. The molecule has 13 aromatic rings. The summed E-state index contributed by atoms with van der Waals surface area (Å²) in [5, 5.41) is 4.51. The smallest absolute Gasteiger partial charge is 0.136 e. The predicted octanol–water partition coefficient (Wildman–Crippen LogP) is 18.3. The zero-order valence-electron chi connectivity index (χ0n) is 38.1. The molecule has 14 rings (SSSR count). The van der Waals surface area contributed by atoms with Gasteiger partial charge in [0.05, 0.1) is 5.41 Å². The van der Waals surface area contributed by atoms with E-state index in [-0.39, 0.29) is 0 Å². The van der Waals surface area contributed by atoms with E-state index in [0.717, 1.165) is 88.8 Å². The molecule has 328 valence electrons. The number of hydrogen-bond donors (Lipinski definition) is 0. The molecule has 1 aliphatic rings. The van der Waals surface area contributed by atoms with E-state index in [0.29, 0.717) is 0 Å². The van der Waals surface area contributed by atoms with Crippen molar-refractivity contribution < 1.29 is 8.83 Å². The third-order valence-corrected chi connectivity index (χ3v) is 14.6. The standard InChI is InChI=1S/C67H43NO2/c1-3-17-48(18-4-1)67(49-19-5-2-6-20-49)59-27-10-7-22-55(59)58-43-47(36-41-60(58)67)46-16-13-21-52(42-46)68(50-37-32-44(33-38-50)53-25-14-30-63-65(53)56-23-8-11-28-61(56)69-63)51-39-34-45(35-40-51)54-26-15-31-64-66(54)57-24-9-12-29-62(57)70-64/h1-43H. The van der Waals surface area contributed by atoms with E-state index in [4.69, 9.17) is 8.83 Å². The molecule has 0 aliphatic heterocycles. The number of benzene rings is 11. The summed E-state index contributed by atoms with van der Waals surface area (Å²) >= 11 is 0. The van der Waals surface area contributed by atoms with Gasteiger partial charge in [0.15, 0.2) is 0 Å². The molecular weight excluding hydrogens is 851 g/mol. The van der Waals surface area contributed by atoms with Crippen LogP contribution in [-0.2, 0) is 5.41 Å². The summed E-state index contributed by atoms with van der Waals surface area (Å²) in [6.45, 7) is 0. The Hall–Kier alpha value is -9.18. The van der Waals surface area contributed by atoms with Crippen LogP contribution in [0.25, 0.3) is 88.4 Å². The molecule has 0 bridgehead atoms. The van der Waals surface area contributed by atoms with Gasteiger partial charge in [0.1, 0.15) is 22.3 Å². The van der Waals surface area contributed by atoms with Gasteiger partial charge in [-0.2, -0.15) is 0 Å². The molecule has 3 heteroatoms. The van der Waals surface area contributed by atoms with Crippen molar-refractivity contribution in [2.75, 3.05) is 4.90 Å². The fraction of sp³-hybridized carbons (Fsp3) is 0.0149. The molecule has 3 nitrogen and oxygen atoms in total. The monoisotopic (exact) mass is 893 g/mol. The lowest BCUT2D eigenvalue weighted by Gasteiger charge is -2.33. The molecule has 2 aromatic heterocycles. The average molecular weight is 894 g/mol. The molecule has 0 spiro atoms. The van der Waals surface area contributed by atoms with Crippen molar-refractivity contribution in [2.45, 2.75) is 5.41 Å². The molecule has 0 radical (unpaired) electrons. The first-order valence-electron chi connectivity index (χ1n) is 24.0. The highest BCUT2D eigenvalue weighted by Crippen LogP contribution is 2.57. The van der Waals surface area contributed by atoms with E-state index in [2.05, 4.69) is 241 Å². The lowest BCUT2D eigenvalue weighted by Crippen LogP contribution is -2.28. The molecule has 11 aromatic carbocycles. The molecule has 0 saturated carbocycles. The highest BCUT2D eigenvalue weighted by Gasteiger charge is 2.46. The second-order valence-corrected chi connectivity index (χ2v) is 18.3. The molecule has 0 saturated heterocycles. The number of nitrogens with zero attached hydrogens (tertiary/aromatic N) is 1. The summed E-state index contributed by atoms with van der Waals surface area (Å²) in [6.07, 6.45) is 0. The lowest BCUT2D eigenvalue weighted by atomic mass is 9.67. The van der Waals surface area contributed by atoms with E-state index in [1.807, 2.05) is 24.3 Å². The summed E-state index contributed by atoms with van der Waals surface area (Å²) in [7, 11) is 0. The minimum atomic E-state index is -0.448. The maximum absolute atomic E-state index is 6.30. The quantitative estimate of drug-likeness (QED) is 0.152. The van der Waals surface area contributed by atoms with Gasteiger partial charge in [0.2, 0.25) is 0 Å². The number of furan rings is 2. The molecule has 70 heavy (non-hydrogen) atoms. The van der Waals surface area contributed by atoms with E-state index in [9.17, 15) is 0 Å². The van der Waals surface area contributed by atoms with Gasteiger partial charge in [-0.1, -0.05) is 194 Å². The van der Waals surface area contributed by atoms with Gasteiger partial charge < -0.3 is 13.7 Å². The third kappa shape index (κ3) is 6.15. The maximum Gasteiger partial charge on any atom is 0.136 e. The largest absolute Gasteiger partial charge is 0.456 e. The third-order valence-electron chi connectivity index (χ3n) is 14.6. The zero-order valence-corrected chi connectivity index (χ0v) is 38.1. The van der Waals surface area contributed by atoms with Crippen LogP contribution in [0.1, 0.15) is 22.3 Å². The molecule has 0 fully saturated rings. The van der Waals surface area contributed by atoms with Gasteiger partial charge in [-0.15, -0.1) is 0 Å². The summed E-state index contributed by atoms with van der Waals surface area (Å²) in [4.78, 5) is 2.37. The summed E-state index contributed by atoms with van der Waals surface area (Å²) < 4.78 is 12.6. The van der Waals surface area contributed by atoms with Crippen LogP contribution >= 0.6 is 0 Å². The Kier molecular flexibility index (Phi) is 9.11. The molecule has 2 heterocycles. The Bertz CT molecular complexity index is 3910. The minimum absolute atomic E-state index is 0.448. The number of anilines is 3. The Morgan fingerprint density at radius 2 is 0.714 bits per heavy atom. The van der Waals surface area contributed by atoms with E-state index < -0.39 is 5.41 Å². The molecule has 1 aliphatic carbocycles. The van der Waals surface area contributed by atoms with Crippen LogP contribution in [0.3, 0.4) is 0 Å². The van der Waals surface area contributed by atoms with Crippen LogP contribution in [0.4, 0.5) is 17.1 Å². The second kappa shape index (κ2) is 16.0. The number of fused-ring (bicyclic) bond motifs is 9. The molecule has 0 amide bonds. The van der Waals surface area contributed by atoms with Gasteiger partial charge in [-0.3, -0.25) is 0 Å². The predicted molar refractivity (Wildman–Crippen MR) is 289 cm³/mol. The highest BCUT2D eigenvalue weighted by atomic mass is 16.3. The molecule has 0 N–H and O–H groups in total. The topological polar surface area (TPSA) is 29.5 Å². The Balaban J connectivity index is 0.902. The molecular formula is C67H43NO2. The van der Waals surface area contributed by atoms with Crippen LogP contribution in [0.2, 0.25) is 0 Å². The fourth-order valence-corrected chi connectivity index (χ4v) is 11.5. The van der Waals surface area contributed by atoms with Crippen molar-refractivity contribution in [3.8, 4) is 44.5 Å². The van der Waals surface area contributed by atoms with Crippen molar-refractivity contribution in [3.05, 3.63) is 283 Å². The van der Waals surface area contributed by atoms with Crippen LogP contribution in [0.5, 0.6) is 0 Å². The van der Waals surface area contributed by atoms with E-state index in [1.54, 1.807) is 0 Å². The first-order valence-corrected chi connectivity index (χ1v) is 24.0. The lowest BCUT2D eigenvalue weighted by molar-refractivity contribution is 0.668. The van der Waals surface area contributed by atoms with Crippen molar-refractivity contribution in [2.24, 2.45) is 0 Å². The van der Waals surface area contributed by atoms with E-state index in [1.165, 1.54) is 38.9 Å². The van der Waals surface area contributed by atoms with Gasteiger partial charge in [-0.25, -0.2) is 0 Å². The first-order chi connectivity index (χ1) is 34.7. The molecule has 0 unspecified atom stereocenters. The van der Waals surface area contributed by atoms with Gasteiger partial charge >= 0.3 is 0 Å². The number of rotatable bonds is 8. The maximum atomic E-state index is 6.30. The normalized spacial score (nSPS) is 12.7. The summed E-state index contributed by atoms with van der Waals surface area (Å²) in [5.74, 6) is 0. The average Bonchev–Trinajstić information content (AvgIpc) is 4.11. The van der Waals surface area contributed by atoms with E-state index >= 15 is 0 Å². The summed E-state index contributed by atoms with van der Waals surface area (Å²) in [6, 6.07) is 94.3. The summed E-state index contributed by atoms with van der Waals surface area (Å²) in [5.41, 5.74) is 20.8. The van der Waals surface area contributed by atoms with Gasteiger partial charge in [0.25, 0.3) is 0 Å². The zero-order chi connectivity index (χ0) is 46.2. The Morgan fingerprint density at radius 3 is 1.30 bits per heavy atom. The van der Waals surface area contributed by atoms with Crippen molar-refractivity contribution in [1.82, 2.24) is 0 Å². The van der Waals surface area contributed by atoms with Crippen LogP contribution < -0.4 is 4.90 Å². The minimum Gasteiger partial charge on any atom is -0.456 e. The van der Waals surface area contributed by atoms with Crippen LogP contribution in [0.15, 0.2) is 270 Å². The van der Waals surface area contributed by atoms with Crippen molar-refractivity contribution in [1.29, 1.82) is 0 Å². The Morgan fingerprint density at radius 1 is 0.271 bits per heavy atom. The first kappa shape index (κ1) is 39.9. The van der Waals surface area contributed by atoms with Crippen molar-refractivity contribution in [3.63, 3.8) is 0 Å². The SMILES string of the molecule is c1ccc(C2(c3ccccc3)c3ccccc3-c3cc(-c4cccc(N(c5ccc(-c6cccc7oc8ccccc8c67)cc5)c5ccc(-c6cccc7oc8ccccc8c67)cc5)c4)ccc32)cc1. The van der Waals surface area contributed by atoms with Crippen LogP contribution in [0, 0.1) is 0 Å². The van der Waals surface area contributed by atoms with Crippen molar-refractivity contribution >= 4 is 60.9 Å². The van der Waals surface area contributed by atoms with Gasteiger partial charge in [-0.05, 0) is 133 Å². The van der Waals surface area contributed by atoms with Gasteiger partial charge in [0, 0.05) is 38.6 Å². The molecule has 0 atom stereocenters. The Labute approximate surface area is 405 Å². The highest BCUT2D eigenvalue weighted by molar-refractivity contribution is 6.13. The van der Waals surface area contributed by atoms with Crippen LogP contribution in [-0.4, -0.2) is 0 Å². The fourth-order valence-electron chi connectivity index (χ4n) is 11.5. The number of para-hydroxylation sites is 2.